The van der Waals surface area contributed by atoms with E-state index in [1.165, 1.54) is 11.3 Å². The Balaban J connectivity index is 2.18. The fourth-order valence-electron chi connectivity index (χ4n) is 0.966. The number of hydrogen-bond acceptors (Lipinski definition) is 4. The predicted octanol–water partition coefficient (Wildman–Crippen LogP) is 3.17. The van der Waals surface area contributed by atoms with E-state index < -0.39 is 0 Å². The van der Waals surface area contributed by atoms with Crippen LogP contribution < -0.4 is 10.5 Å². The third-order valence-electron chi connectivity index (χ3n) is 1.52. The van der Waals surface area contributed by atoms with Gasteiger partial charge in [0.2, 0.25) is 5.06 Å². The van der Waals surface area contributed by atoms with E-state index in [0.717, 1.165) is 0 Å². The van der Waals surface area contributed by atoms with Gasteiger partial charge in [-0.15, -0.1) is 0 Å². The lowest BCUT2D eigenvalue weighted by Gasteiger charge is -2.01. The Kier molecular flexibility index (Phi) is 2.56. The van der Waals surface area contributed by atoms with Crippen molar-refractivity contribution >= 4 is 28.1 Å². The molecule has 14 heavy (non-hydrogen) atoms. The third kappa shape index (κ3) is 2.16. The van der Waals surface area contributed by atoms with E-state index in [1.54, 1.807) is 18.3 Å². The van der Waals surface area contributed by atoms with E-state index in [9.17, 15) is 0 Å². The van der Waals surface area contributed by atoms with Crippen LogP contribution in [0.3, 0.4) is 0 Å². The zero-order valence-electron chi connectivity index (χ0n) is 7.11. The first-order valence-corrected chi connectivity index (χ1v) is 5.08. The van der Waals surface area contributed by atoms with Crippen molar-refractivity contribution in [3.8, 4) is 10.8 Å². The second-order valence-corrected chi connectivity index (χ2v) is 4.04. The van der Waals surface area contributed by atoms with Crippen molar-refractivity contribution in [1.29, 1.82) is 0 Å². The fraction of sp³-hybridized carbons (Fsp3) is 0. The molecule has 0 amide bonds. The first-order chi connectivity index (χ1) is 6.74. The number of ether oxygens (including phenoxy) is 1. The molecule has 0 spiro atoms. The van der Waals surface area contributed by atoms with Crippen LogP contribution in [0, 0.1) is 0 Å². The molecule has 0 aliphatic rings. The minimum Gasteiger partial charge on any atom is -0.445 e. The molecule has 3 nitrogen and oxygen atoms in total. The summed E-state index contributed by atoms with van der Waals surface area (Å²) in [7, 11) is 0. The maximum Gasteiger partial charge on any atom is 0.202 e. The summed E-state index contributed by atoms with van der Waals surface area (Å²) in [4.78, 5) is 3.87. The second-order valence-electron chi connectivity index (χ2n) is 2.58. The minimum atomic E-state index is 0.488. The molecule has 1 heterocycles. The summed E-state index contributed by atoms with van der Waals surface area (Å²) in [6.07, 6.45) is 1.58. The van der Waals surface area contributed by atoms with Crippen LogP contribution in [0.2, 0.25) is 5.02 Å². The normalized spacial score (nSPS) is 10.1. The topological polar surface area (TPSA) is 48.1 Å². The lowest BCUT2D eigenvalue weighted by atomic mass is 10.3. The average molecular weight is 227 g/mol. The highest BCUT2D eigenvalue weighted by Crippen LogP contribution is 2.29. The van der Waals surface area contributed by atoms with E-state index in [1.807, 2.05) is 12.1 Å². The van der Waals surface area contributed by atoms with E-state index in [-0.39, 0.29) is 0 Å². The van der Waals surface area contributed by atoms with Gasteiger partial charge in [-0.2, -0.15) is 0 Å². The Bertz CT molecular complexity index is 444. The van der Waals surface area contributed by atoms with Gasteiger partial charge in [0, 0.05) is 5.02 Å². The SMILES string of the molecule is Nc1ncc(Oc2cccc(Cl)c2)s1. The van der Waals surface area contributed by atoms with Gasteiger partial charge in [-0.05, 0) is 18.2 Å². The summed E-state index contributed by atoms with van der Waals surface area (Å²) in [6, 6.07) is 7.16. The smallest absolute Gasteiger partial charge is 0.202 e. The van der Waals surface area contributed by atoms with Crippen LogP contribution in [0.15, 0.2) is 30.5 Å². The van der Waals surface area contributed by atoms with Crippen LogP contribution in [-0.4, -0.2) is 4.98 Å². The van der Waals surface area contributed by atoms with Gasteiger partial charge < -0.3 is 10.5 Å². The lowest BCUT2D eigenvalue weighted by Crippen LogP contribution is -1.79. The van der Waals surface area contributed by atoms with Crippen molar-refractivity contribution in [1.82, 2.24) is 4.98 Å². The van der Waals surface area contributed by atoms with E-state index in [2.05, 4.69) is 4.98 Å². The Morgan fingerprint density at radius 2 is 2.29 bits per heavy atom. The highest BCUT2D eigenvalue weighted by molar-refractivity contribution is 7.17. The number of halogens is 1. The molecule has 0 aliphatic heterocycles. The quantitative estimate of drug-likeness (QED) is 0.856. The molecule has 1 aromatic heterocycles. The standard InChI is InChI=1S/C9H7ClN2OS/c10-6-2-1-3-7(4-6)13-8-5-12-9(11)14-8/h1-5H,(H2,11,12). The Morgan fingerprint density at radius 3 is 2.93 bits per heavy atom. The molecule has 0 radical (unpaired) electrons. The van der Waals surface area contributed by atoms with Gasteiger partial charge >= 0.3 is 0 Å². The zero-order valence-corrected chi connectivity index (χ0v) is 8.68. The van der Waals surface area contributed by atoms with Crippen LogP contribution >= 0.6 is 22.9 Å². The molecule has 2 aromatic rings. The van der Waals surface area contributed by atoms with Crippen LogP contribution in [0.1, 0.15) is 0 Å². The molecular weight excluding hydrogens is 220 g/mol. The van der Waals surface area contributed by atoms with Gasteiger partial charge in [-0.3, -0.25) is 0 Å². The number of hydrogen-bond donors (Lipinski definition) is 1. The molecule has 0 aliphatic carbocycles. The molecule has 2 N–H and O–H groups in total. The molecule has 0 unspecified atom stereocenters. The molecule has 5 heteroatoms. The number of nitrogens with zero attached hydrogens (tertiary/aromatic N) is 1. The number of aromatic nitrogens is 1. The largest absolute Gasteiger partial charge is 0.445 e. The van der Waals surface area contributed by atoms with Crippen LogP contribution in [-0.2, 0) is 0 Å². The molecule has 0 atom stereocenters. The van der Waals surface area contributed by atoms with Gasteiger partial charge in [-0.1, -0.05) is 29.0 Å². The van der Waals surface area contributed by atoms with Gasteiger partial charge in [0.05, 0.1) is 6.20 Å². The molecular formula is C9H7ClN2OS. The maximum absolute atomic E-state index is 5.80. The van der Waals surface area contributed by atoms with Gasteiger partial charge in [0.25, 0.3) is 0 Å². The van der Waals surface area contributed by atoms with E-state index >= 15 is 0 Å². The van der Waals surface area contributed by atoms with Crippen LogP contribution in [0.5, 0.6) is 10.8 Å². The Hall–Kier alpha value is -1.26. The van der Waals surface area contributed by atoms with Gasteiger partial charge in [-0.25, -0.2) is 4.98 Å². The van der Waals surface area contributed by atoms with Crippen molar-refractivity contribution in [2.75, 3.05) is 5.73 Å². The van der Waals surface area contributed by atoms with E-state index in [4.69, 9.17) is 22.1 Å². The first-order valence-electron chi connectivity index (χ1n) is 3.89. The average Bonchev–Trinajstić information content (AvgIpc) is 2.51. The molecule has 2 rings (SSSR count). The summed E-state index contributed by atoms with van der Waals surface area (Å²) in [5.41, 5.74) is 5.46. The molecule has 0 saturated carbocycles. The number of rotatable bonds is 2. The van der Waals surface area contributed by atoms with Crippen molar-refractivity contribution in [3.63, 3.8) is 0 Å². The first kappa shape index (κ1) is 9.30. The number of thiazole rings is 1. The predicted molar refractivity (Wildman–Crippen MR) is 58.1 cm³/mol. The molecule has 0 saturated heterocycles. The van der Waals surface area contributed by atoms with Crippen molar-refractivity contribution in [3.05, 3.63) is 35.5 Å². The summed E-state index contributed by atoms with van der Waals surface area (Å²) < 4.78 is 5.47. The van der Waals surface area contributed by atoms with E-state index in [0.29, 0.717) is 21.0 Å². The summed E-state index contributed by atoms with van der Waals surface area (Å²) in [5, 5.41) is 1.78. The second kappa shape index (κ2) is 3.86. The molecule has 72 valence electrons. The number of nitrogens with two attached hydrogens (primary N) is 1. The minimum absolute atomic E-state index is 0.488. The Morgan fingerprint density at radius 1 is 1.43 bits per heavy atom. The van der Waals surface area contributed by atoms with Gasteiger partial charge in [0.15, 0.2) is 5.13 Å². The summed E-state index contributed by atoms with van der Waals surface area (Å²) >= 11 is 7.09. The number of anilines is 1. The summed E-state index contributed by atoms with van der Waals surface area (Å²) in [6.45, 7) is 0. The monoisotopic (exact) mass is 226 g/mol. The van der Waals surface area contributed by atoms with Crippen molar-refractivity contribution in [2.24, 2.45) is 0 Å². The highest BCUT2D eigenvalue weighted by atomic mass is 35.5. The lowest BCUT2D eigenvalue weighted by molar-refractivity contribution is 0.495. The highest BCUT2D eigenvalue weighted by Gasteiger charge is 2.01. The maximum atomic E-state index is 5.80. The molecule has 0 fully saturated rings. The van der Waals surface area contributed by atoms with Gasteiger partial charge in [0.1, 0.15) is 5.75 Å². The van der Waals surface area contributed by atoms with Crippen molar-refractivity contribution < 1.29 is 4.74 Å². The van der Waals surface area contributed by atoms with Crippen LogP contribution in [0.25, 0.3) is 0 Å². The zero-order chi connectivity index (χ0) is 9.97. The number of benzene rings is 1. The molecule has 1 aromatic carbocycles. The Labute approximate surface area is 90.1 Å². The number of nitrogen functional groups attached to an aromatic ring is 1. The van der Waals surface area contributed by atoms with Crippen LogP contribution in [0.4, 0.5) is 5.13 Å². The molecule has 0 bridgehead atoms. The fourth-order valence-corrected chi connectivity index (χ4v) is 1.70. The third-order valence-corrected chi connectivity index (χ3v) is 2.46. The summed E-state index contributed by atoms with van der Waals surface area (Å²) in [5.74, 6) is 0.682. The van der Waals surface area contributed by atoms with Crippen molar-refractivity contribution in [2.45, 2.75) is 0 Å².